The highest BCUT2D eigenvalue weighted by atomic mass is 32.1. The molecule has 0 aromatic carbocycles. The molecule has 2 aliphatic carbocycles. The molecule has 0 bridgehead atoms. The largest absolute Gasteiger partial charge is 0.483 e. The quantitative estimate of drug-likeness (QED) is 0.463. The van der Waals surface area contributed by atoms with Crippen molar-refractivity contribution >= 4 is 28.7 Å². The average molecular weight is 526 g/mol. The van der Waals surface area contributed by atoms with Crippen LogP contribution in [0.15, 0.2) is 24.5 Å². The second kappa shape index (κ2) is 8.84. The third-order valence-corrected chi connectivity index (χ3v) is 7.42. The first-order valence-electron chi connectivity index (χ1n) is 11.0. The number of rotatable bonds is 8. The van der Waals surface area contributed by atoms with E-state index >= 15 is 0 Å². The molecule has 10 nitrogen and oxygen atoms in total. The molecule has 2 amide bonds. The number of hydrogen-bond donors (Lipinski definition) is 2. The van der Waals surface area contributed by atoms with Crippen LogP contribution in [0.5, 0.6) is 16.8 Å². The summed E-state index contributed by atoms with van der Waals surface area (Å²) in [5, 5.41) is 7.35. The molecule has 3 aromatic rings. The molecule has 0 saturated heterocycles. The van der Waals surface area contributed by atoms with Gasteiger partial charge in [0.05, 0.1) is 30.6 Å². The average Bonchev–Trinajstić information content (AvgIpc) is 3.38. The molecule has 3 N–H and O–H groups in total. The lowest BCUT2D eigenvalue weighted by atomic mass is 9.53. The topological polar surface area (TPSA) is 130 Å². The molecular weight excluding hydrogens is 503 g/mol. The number of pyridine rings is 1. The van der Waals surface area contributed by atoms with Crippen LogP contribution in [0.1, 0.15) is 45.7 Å². The Balaban J connectivity index is 1.13. The Kier molecular flexibility index (Phi) is 5.93. The van der Waals surface area contributed by atoms with Crippen molar-refractivity contribution in [2.75, 3.05) is 13.7 Å². The lowest BCUT2D eigenvalue weighted by Crippen LogP contribution is -2.58. The van der Waals surface area contributed by atoms with E-state index in [0.29, 0.717) is 16.3 Å². The van der Waals surface area contributed by atoms with Gasteiger partial charge in [-0.05, 0) is 43.2 Å². The summed E-state index contributed by atoms with van der Waals surface area (Å²) in [5.74, 6) is -0.740. The zero-order valence-corrected chi connectivity index (χ0v) is 19.8. The number of carbonyl (C=O) groups is 2. The molecule has 14 heteroatoms. The standard InChI is InChI=1S/C22H22F3N5O5S/c1-33-20-29-19(16(36-20)17(26)31)35-13-6-21(7-13)4-11(5-21)28-18(32)14-8-27-30-9-12(2-3-15(14)30)34-10-22(23,24)25/h2-3,8-9,11,13H,4-7,10H2,1H3,(H2,26,31)(H,28,32)/t11-,13-,21?. The fourth-order valence-corrected chi connectivity index (χ4v) is 5.50. The van der Waals surface area contributed by atoms with Gasteiger partial charge in [0.25, 0.3) is 17.0 Å². The van der Waals surface area contributed by atoms with Crippen molar-refractivity contribution in [3.05, 3.63) is 35.0 Å². The van der Waals surface area contributed by atoms with Gasteiger partial charge in [-0.2, -0.15) is 23.3 Å². The van der Waals surface area contributed by atoms with Crippen LogP contribution < -0.4 is 25.3 Å². The van der Waals surface area contributed by atoms with Gasteiger partial charge < -0.3 is 25.3 Å². The van der Waals surface area contributed by atoms with Crippen molar-refractivity contribution in [2.45, 2.75) is 44.0 Å². The Labute approximate surface area is 206 Å². The van der Waals surface area contributed by atoms with E-state index in [0.717, 1.165) is 37.0 Å². The monoisotopic (exact) mass is 525 g/mol. The fourth-order valence-electron chi connectivity index (χ4n) is 4.83. The van der Waals surface area contributed by atoms with E-state index in [4.69, 9.17) is 19.9 Å². The van der Waals surface area contributed by atoms with Gasteiger partial charge in [-0.25, -0.2) is 4.52 Å². The van der Waals surface area contributed by atoms with Crippen LogP contribution in [0, 0.1) is 5.41 Å². The summed E-state index contributed by atoms with van der Waals surface area (Å²) >= 11 is 1.04. The summed E-state index contributed by atoms with van der Waals surface area (Å²) in [7, 11) is 1.45. The van der Waals surface area contributed by atoms with E-state index in [9.17, 15) is 22.8 Å². The number of hydrogen-bond acceptors (Lipinski definition) is 8. The lowest BCUT2D eigenvalue weighted by Gasteiger charge is -2.57. The minimum absolute atomic E-state index is 0.00313. The molecule has 1 spiro atoms. The highest BCUT2D eigenvalue weighted by molar-refractivity contribution is 7.15. The van der Waals surface area contributed by atoms with Crippen LogP contribution in [0.4, 0.5) is 13.2 Å². The van der Waals surface area contributed by atoms with E-state index in [2.05, 4.69) is 15.4 Å². The van der Waals surface area contributed by atoms with E-state index in [1.165, 1.54) is 36.2 Å². The molecule has 3 aromatic heterocycles. The van der Waals surface area contributed by atoms with Gasteiger partial charge in [0.1, 0.15) is 11.9 Å². The van der Waals surface area contributed by atoms with Gasteiger partial charge >= 0.3 is 6.18 Å². The summed E-state index contributed by atoms with van der Waals surface area (Å²) in [6.07, 6.45) is 1.25. The van der Waals surface area contributed by atoms with Crippen molar-refractivity contribution in [2.24, 2.45) is 11.1 Å². The maximum Gasteiger partial charge on any atom is 0.422 e. The molecule has 2 aliphatic rings. The number of carbonyl (C=O) groups excluding carboxylic acids is 2. The highest BCUT2D eigenvalue weighted by Gasteiger charge is 2.54. The minimum Gasteiger partial charge on any atom is -0.483 e. The number of methoxy groups -OCH3 is 1. The predicted molar refractivity (Wildman–Crippen MR) is 120 cm³/mol. The molecule has 2 fully saturated rings. The first-order chi connectivity index (χ1) is 17.0. The van der Waals surface area contributed by atoms with Crippen LogP contribution in [0.3, 0.4) is 0 Å². The van der Waals surface area contributed by atoms with Crippen LogP contribution in [0.2, 0.25) is 0 Å². The number of ether oxygens (including phenoxy) is 3. The Bertz CT molecular complexity index is 1310. The first kappa shape index (κ1) is 24.2. The normalized spacial score (nSPS) is 23.1. The van der Waals surface area contributed by atoms with Crippen molar-refractivity contribution in [3.63, 3.8) is 0 Å². The van der Waals surface area contributed by atoms with Crippen LogP contribution in [-0.4, -0.2) is 58.5 Å². The predicted octanol–water partition coefficient (Wildman–Crippen LogP) is 2.96. The third kappa shape index (κ3) is 4.76. The van der Waals surface area contributed by atoms with Crippen LogP contribution >= 0.6 is 11.3 Å². The van der Waals surface area contributed by atoms with E-state index in [1.54, 1.807) is 0 Å². The van der Waals surface area contributed by atoms with Crippen molar-refractivity contribution in [1.29, 1.82) is 0 Å². The highest BCUT2D eigenvalue weighted by Crippen LogP contribution is 2.57. The summed E-state index contributed by atoms with van der Waals surface area (Å²) < 4.78 is 54.0. The zero-order valence-electron chi connectivity index (χ0n) is 19.0. The van der Waals surface area contributed by atoms with Gasteiger partial charge in [0, 0.05) is 6.04 Å². The van der Waals surface area contributed by atoms with Crippen LogP contribution in [-0.2, 0) is 0 Å². The van der Waals surface area contributed by atoms with Gasteiger partial charge in [-0.15, -0.1) is 0 Å². The summed E-state index contributed by atoms with van der Waals surface area (Å²) in [4.78, 5) is 28.8. The number of nitrogens with one attached hydrogen (secondary N) is 1. The molecule has 5 rings (SSSR count). The molecule has 2 saturated carbocycles. The smallest absolute Gasteiger partial charge is 0.422 e. The molecule has 0 radical (unpaired) electrons. The number of primary amides is 1. The number of thiazole rings is 1. The van der Waals surface area contributed by atoms with Gasteiger partial charge in [-0.3, -0.25) is 9.59 Å². The molecular formula is C22H22F3N5O5S. The second-order valence-electron chi connectivity index (χ2n) is 9.07. The van der Waals surface area contributed by atoms with E-state index < -0.39 is 18.7 Å². The molecule has 192 valence electrons. The number of aromatic nitrogens is 3. The Morgan fingerprint density at radius 3 is 2.69 bits per heavy atom. The second-order valence-corrected chi connectivity index (χ2v) is 10.0. The molecule has 3 heterocycles. The van der Waals surface area contributed by atoms with Gasteiger partial charge in [0.15, 0.2) is 11.5 Å². The van der Waals surface area contributed by atoms with Crippen molar-refractivity contribution in [1.82, 2.24) is 19.9 Å². The van der Waals surface area contributed by atoms with Gasteiger partial charge in [0.2, 0.25) is 5.88 Å². The molecule has 0 atom stereocenters. The molecule has 0 aliphatic heterocycles. The van der Waals surface area contributed by atoms with E-state index in [1.807, 2.05) is 0 Å². The summed E-state index contributed by atoms with van der Waals surface area (Å²) in [5.41, 5.74) is 6.24. The number of halogens is 3. The summed E-state index contributed by atoms with van der Waals surface area (Å²) in [6, 6.07) is 2.86. The third-order valence-electron chi connectivity index (χ3n) is 6.40. The van der Waals surface area contributed by atoms with E-state index in [-0.39, 0.29) is 40.0 Å². The Hall–Kier alpha value is -3.55. The van der Waals surface area contributed by atoms with Crippen molar-refractivity contribution < 1.29 is 37.0 Å². The maximum absolute atomic E-state index is 12.8. The molecule has 0 unspecified atom stereocenters. The Morgan fingerprint density at radius 2 is 2.03 bits per heavy atom. The number of nitrogens with zero attached hydrogens (tertiary/aromatic N) is 3. The number of alkyl halides is 3. The number of amides is 2. The van der Waals surface area contributed by atoms with Crippen LogP contribution in [0.25, 0.3) is 5.52 Å². The lowest BCUT2D eigenvalue weighted by molar-refractivity contribution is -0.153. The maximum atomic E-state index is 12.8. The fraction of sp³-hybridized carbons (Fsp3) is 0.455. The zero-order chi connectivity index (χ0) is 25.7. The SMILES string of the molecule is COc1nc(O[C@H]2CC3(C[C@H](NC(=O)c4cnn5cc(OCC(F)(F)F)ccc45)C3)C2)c(C(N)=O)s1. The van der Waals surface area contributed by atoms with Crippen molar-refractivity contribution in [3.8, 4) is 16.8 Å². The molecule has 36 heavy (non-hydrogen) atoms. The number of fused-ring (bicyclic) bond motifs is 1. The summed E-state index contributed by atoms with van der Waals surface area (Å²) in [6.45, 7) is -1.41. The number of nitrogens with two attached hydrogens (primary N) is 1. The van der Waals surface area contributed by atoms with Gasteiger partial charge in [-0.1, -0.05) is 11.3 Å². The Morgan fingerprint density at radius 1 is 1.28 bits per heavy atom. The minimum atomic E-state index is -4.45. The first-order valence-corrected chi connectivity index (χ1v) is 11.8.